The van der Waals surface area contributed by atoms with Gasteiger partial charge in [-0.05, 0) is 61.9 Å². The number of halogens is 1. The van der Waals surface area contributed by atoms with Crippen LogP contribution in [-0.2, 0) is 0 Å². The summed E-state index contributed by atoms with van der Waals surface area (Å²) in [6.45, 7) is 10.1. The molecule has 1 N–H and O–H groups in total. The van der Waals surface area contributed by atoms with Crippen molar-refractivity contribution in [1.29, 1.82) is 0 Å². The SMILES string of the molecule is CCCNC(CCC(C)C)c1ccc(Br)cc1C. The topological polar surface area (TPSA) is 12.0 Å². The van der Waals surface area contributed by atoms with Gasteiger partial charge < -0.3 is 5.32 Å². The molecule has 0 saturated heterocycles. The Balaban J connectivity index is 2.79. The van der Waals surface area contributed by atoms with Gasteiger partial charge in [0.05, 0.1) is 0 Å². The average Bonchev–Trinajstić information content (AvgIpc) is 2.30. The minimum absolute atomic E-state index is 0.500. The summed E-state index contributed by atoms with van der Waals surface area (Å²) < 4.78 is 1.17. The van der Waals surface area contributed by atoms with Gasteiger partial charge in [-0.2, -0.15) is 0 Å². The molecule has 18 heavy (non-hydrogen) atoms. The standard InChI is InChI=1S/C16H26BrN/c1-5-10-18-16(9-6-12(2)3)15-8-7-14(17)11-13(15)4/h7-8,11-12,16,18H,5-6,9-10H2,1-4H3. The molecule has 0 amide bonds. The van der Waals surface area contributed by atoms with Gasteiger partial charge in [0.15, 0.2) is 0 Å². The maximum absolute atomic E-state index is 3.69. The van der Waals surface area contributed by atoms with Crippen LogP contribution in [0.15, 0.2) is 22.7 Å². The third-order valence-corrected chi connectivity index (χ3v) is 3.77. The quantitative estimate of drug-likeness (QED) is 0.726. The molecule has 102 valence electrons. The monoisotopic (exact) mass is 311 g/mol. The second-order valence-corrected chi connectivity index (χ2v) is 6.39. The van der Waals surface area contributed by atoms with E-state index in [2.05, 4.69) is 67.1 Å². The van der Waals surface area contributed by atoms with E-state index in [4.69, 9.17) is 0 Å². The van der Waals surface area contributed by atoms with Crippen molar-refractivity contribution in [3.05, 3.63) is 33.8 Å². The number of nitrogens with one attached hydrogen (secondary N) is 1. The van der Waals surface area contributed by atoms with Crippen molar-refractivity contribution in [3.8, 4) is 0 Å². The molecule has 0 radical (unpaired) electrons. The van der Waals surface area contributed by atoms with Crippen molar-refractivity contribution in [2.24, 2.45) is 5.92 Å². The van der Waals surface area contributed by atoms with E-state index in [-0.39, 0.29) is 0 Å². The molecule has 1 atom stereocenters. The summed E-state index contributed by atoms with van der Waals surface area (Å²) in [6.07, 6.45) is 3.69. The number of aryl methyl sites for hydroxylation is 1. The molecule has 1 rings (SSSR count). The first-order valence-corrected chi connectivity index (χ1v) is 7.83. The molecule has 0 heterocycles. The molecule has 1 aromatic carbocycles. The first kappa shape index (κ1) is 15.7. The summed E-state index contributed by atoms with van der Waals surface area (Å²) in [5.74, 6) is 0.770. The Labute approximate surface area is 120 Å². The van der Waals surface area contributed by atoms with E-state index in [0.29, 0.717) is 6.04 Å². The van der Waals surface area contributed by atoms with Crippen molar-refractivity contribution < 1.29 is 0 Å². The molecule has 0 spiro atoms. The van der Waals surface area contributed by atoms with Crippen LogP contribution in [0.2, 0.25) is 0 Å². The zero-order valence-electron chi connectivity index (χ0n) is 12.1. The van der Waals surface area contributed by atoms with Crippen LogP contribution in [0.3, 0.4) is 0 Å². The lowest BCUT2D eigenvalue weighted by atomic mass is 9.94. The summed E-state index contributed by atoms with van der Waals surface area (Å²) in [4.78, 5) is 0. The highest BCUT2D eigenvalue weighted by molar-refractivity contribution is 9.10. The van der Waals surface area contributed by atoms with Crippen molar-refractivity contribution in [2.75, 3.05) is 6.54 Å². The molecule has 1 unspecified atom stereocenters. The van der Waals surface area contributed by atoms with Crippen LogP contribution < -0.4 is 5.32 Å². The first-order valence-electron chi connectivity index (χ1n) is 7.04. The van der Waals surface area contributed by atoms with Gasteiger partial charge in [0.2, 0.25) is 0 Å². The lowest BCUT2D eigenvalue weighted by molar-refractivity contribution is 0.439. The van der Waals surface area contributed by atoms with Gasteiger partial charge in [-0.3, -0.25) is 0 Å². The minimum atomic E-state index is 0.500. The second-order valence-electron chi connectivity index (χ2n) is 5.48. The maximum atomic E-state index is 3.69. The first-order chi connectivity index (χ1) is 8.54. The predicted molar refractivity (Wildman–Crippen MR) is 84.0 cm³/mol. The Hall–Kier alpha value is -0.340. The Morgan fingerprint density at radius 3 is 2.50 bits per heavy atom. The Morgan fingerprint density at radius 1 is 1.22 bits per heavy atom. The third kappa shape index (κ3) is 5.11. The molecule has 0 aliphatic rings. The lowest BCUT2D eigenvalue weighted by Gasteiger charge is -2.22. The fraction of sp³-hybridized carbons (Fsp3) is 0.625. The number of benzene rings is 1. The molecular formula is C16H26BrN. The van der Waals surface area contributed by atoms with E-state index in [1.165, 1.54) is 34.9 Å². The summed E-state index contributed by atoms with van der Waals surface area (Å²) >= 11 is 3.54. The number of rotatable bonds is 7. The summed E-state index contributed by atoms with van der Waals surface area (Å²) in [6, 6.07) is 7.12. The molecule has 2 heteroatoms. The number of hydrogen-bond donors (Lipinski definition) is 1. The van der Waals surface area contributed by atoms with Crippen molar-refractivity contribution in [2.45, 2.75) is 53.0 Å². The van der Waals surface area contributed by atoms with Crippen LogP contribution in [0.5, 0.6) is 0 Å². The van der Waals surface area contributed by atoms with E-state index in [9.17, 15) is 0 Å². The van der Waals surface area contributed by atoms with Gasteiger partial charge >= 0.3 is 0 Å². The summed E-state index contributed by atoms with van der Waals surface area (Å²) in [7, 11) is 0. The summed E-state index contributed by atoms with van der Waals surface area (Å²) in [5, 5.41) is 3.69. The lowest BCUT2D eigenvalue weighted by Crippen LogP contribution is -2.23. The zero-order chi connectivity index (χ0) is 13.5. The smallest absolute Gasteiger partial charge is 0.0322 e. The van der Waals surface area contributed by atoms with Crippen LogP contribution in [0.25, 0.3) is 0 Å². The summed E-state index contributed by atoms with van der Waals surface area (Å²) in [5.41, 5.74) is 2.83. The van der Waals surface area contributed by atoms with Crippen molar-refractivity contribution in [3.63, 3.8) is 0 Å². The van der Waals surface area contributed by atoms with E-state index >= 15 is 0 Å². The van der Waals surface area contributed by atoms with Crippen molar-refractivity contribution in [1.82, 2.24) is 5.32 Å². The second kappa shape index (κ2) is 7.96. The molecule has 0 fully saturated rings. The zero-order valence-corrected chi connectivity index (χ0v) is 13.7. The maximum Gasteiger partial charge on any atom is 0.0322 e. The van der Waals surface area contributed by atoms with Gasteiger partial charge in [-0.15, -0.1) is 0 Å². The predicted octanol–water partition coefficient (Wildman–Crippen LogP) is 5.23. The highest BCUT2D eigenvalue weighted by Crippen LogP contribution is 2.26. The van der Waals surface area contributed by atoms with E-state index in [0.717, 1.165) is 12.5 Å². The van der Waals surface area contributed by atoms with Crippen LogP contribution in [-0.4, -0.2) is 6.54 Å². The Bertz CT molecular complexity index is 360. The highest BCUT2D eigenvalue weighted by Gasteiger charge is 2.13. The molecule has 1 nitrogen and oxygen atoms in total. The van der Waals surface area contributed by atoms with E-state index in [1.807, 2.05) is 0 Å². The normalized spacial score (nSPS) is 13.0. The fourth-order valence-corrected chi connectivity index (χ4v) is 2.69. The van der Waals surface area contributed by atoms with Crippen LogP contribution in [0.4, 0.5) is 0 Å². The molecule has 1 aromatic rings. The Kier molecular flexibility index (Phi) is 6.95. The average molecular weight is 312 g/mol. The Morgan fingerprint density at radius 2 is 1.94 bits per heavy atom. The van der Waals surface area contributed by atoms with Gasteiger partial charge in [-0.25, -0.2) is 0 Å². The van der Waals surface area contributed by atoms with Crippen LogP contribution >= 0.6 is 15.9 Å². The van der Waals surface area contributed by atoms with Crippen LogP contribution in [0, 0.1) is 12.8 Å². The minimum Gasteiger partial charge on any atom is -0.310 e. The van der Waals surface area contributed by atoms with Gasteiger partial charge in [-0.1, -0.05) is 42.8 Å². The van der Waals surface area contributed by atoms with Gasteiger partial charge in [0.25, 0.3) is 0 Å². The third-order valence-electron chi connectivity index (χ3n) is 3.28. The van der Waals surface area contributed by atoms with Crippen molar-refractivity contribution >= 4 is 15.9 Å². The molecule has 0 aliphatic heterocycles. The number of hydrogen-bond acceptors (Lipinski definition) is 1. The van der Waals surface area contributed by atoms with E-state index in [1.54, 1.807) is 0 Å². The highest BCUT2D eigenvalue weighted by atomic mass is 79.9. The molecule has 0 saturated carbocycles. The molecule has 0 aromatic heterocycles. The van der Waals surface area contributed by atoms with Gasteiger partial charge in [0, 0.05) is 10.5 Å². The molecule has 0 aliphatic carbocycles. The molecular weight excluding hydrogens is 286 g/mol. The van der Waals surface area contributed by atoms with Crippen LogP contribution in [0.1, 0.15) is 57.2 Å². The molecule has 0 bridgehead atoms. The largest absolute Gasteiger partial charge is 0.310 e. The fourth-order valence-electron chi connectivity index (χ4n) is 2.22. The van der Waals surface area contributed by atoms with Gasteiger partial charge in [0.1, 0.15) is 0 Å². The van der Waals surface area contributed by atoms with E-state index < -0.39 is 0 Å².